The van der Waals surface area contributed by atoms with Crippen LogP contribution < -0.4 is 0 Å². The van der Waals surface area contributed by atoms with Crippen LogP contribution in [-0.2, 0) is 19.2 Å². The molecule has 0 amide bonds. The fourth-order valence-electron chi connectivity index (χ4n) is 3.90. The number of hydrogen-bond donors (Lipinski definition) is 4. The van der Waals surface area contributed by atoms with Gasteiger partial charge >= 0.3 is 81.5 Å². The van der Waals surface area contributed by atoms with Crippen molar-refractivity contribution in [3.8, 4) is 0 Å². The van der Waals surface area contributed by atoms with E-state index in [4.69, 9.17) is 30.6 Å². The van der Waals surface area contributed by atoms with Gasteiger partial charge in [-0.2, -0.15) is 0 Å². The minimum Gasteiger partial charge on any atom is -0.222 e. The Morgan fingerprint density at radius 3 is 0.884 bits per heavy atom. The number of carbonyl (C=O) groups excluding carboxylic acids is 2. The second-order valence-electron chi connectivity index (χ2n) is 10.6. The molecule has 0 aliphatic rings. The molecule has 0 unspecified atom stereocenters. The summed E-state index contributed by atoms with van der Waals surface area (Å²) in [6.45, 7) is 9.04. The normalized spacial score (nSPS) is 9.21. The van der Waals surface area contributed by atoms with E-state index in [1.807, 2.05) is 0 Å². The number of carboxylic acid groups (broad SMARTS) is 2. The third kappa shape index (κ3) is 85.5. The summed E-state index contributed by atoms with van der Waals surface area (Å²) in [5, 5.41) is 27.6. The van der Waals surface area contributed by atoms with E-state index in [0.717, 1.165) is 37.8 Å². The first-order valence-electron chi connectivity index (χ1n) is 17.0. The second kappa shape index (κ2) is 56.3. The summed E-state index contributed by atoms with van der Waals surface area (Å²) in [7, 11) is 0. The van der Waals surface area contributed by atoms with Gasteiger partial charge in [-0.15, -0.1) is 0 Å². The van der Waals surface area contributed by atoms with Crippen molar-refractivity contribution in [3.05, 3.63) is 0 Å². The predicted octanol–water partition coefficient (Wildman–Crippen LogP) is 10.9. The summed E-state index contributed by atoms with van der Waals surface area (Å²) in [6.07, 6.45) is 30.3. The van der Waals surface area contributed by atoms with E-state index >= 15 is 0 Å². The molecule has 0 aliphatic carbocycles. The van der Waals surface area contributed by atoms with Gasteiger partial charge in [0, 0.05) is 12.8 Å². The molecule has 9 heteroatoms. The molecule has 4 N–H and O–H groups in total. The Hall–Kier alpha value is -1.50. The second-order valence-corrected chi connectivity index (χ2v) is 14.9. The zero-order valence-electron chi connectivity index (χ0n) is 28.4. The molecule has 0 aliphatic heterocycles. The summed E-state index contributed by atoms with van der Waals surface area (Å²) in [6, 6.07) is 0. The molecule has 0 saturated heterocycles. The molecule has 0 aromatic heterocycles. The number of isocyanates is 2. The summed E-state index contributed by atoms with van der Waals surface area (Å²) < 4.78 is 3.25. The Morgan fingerprint density at radius 1 is 0.465 bits per heavy atom. The largest absolute Gasteiger partial charge is 0.231 e. The molecule has 43 heavy (non-hydrogen) atoms. The van der Waals surface area contributed by atoms with Crippen LogP contribution in [0.5, 0.6) is 0 Å². The van der Waals surface area contributed by atoms with Crippen LogP contribution in [0.4, 0.5) is 0 Å². The number of carboxylic acids is 2. The number of hydrogen-bond acceptors (Lipinski definition) is 6. The Balaban J connectivity index is -0.000000156. The molecule has 0 saturated carbocycles. The molecular formula is C34H68N2O6Sn. The van der Waals surface area contributed by atoms with Gasteiger partial charge < -0.3 is 10.2 Å². The van der Waals surface area contributed by atoms with Gasteiger partial charge in [0.2, 0.25) is 12.2 Å². The monoisotopic (exact) mass is 720 g/mol. The van der Waals surface area contributed by atoms with Gasteiger partial charge in [-0.1, -0.05) is 117 Å². The van der Waals surface area contributed by atoms with Crippen molar-refractivity contribution in [1.29, 1.82) is 10.8 Å². The molecule has 0 rings (SSSR count). The summed E-state index contributed by atoms with van der Waals surface area (Å²) >= 11 is 0.149. The molecule has 254 valence electrons. The minimum absolute atomic E-state index is 0.149. The molecule has 0 spiro atoms. The Bertz CT molecular complexity index is 543. The van der Waals surface area contributed by atoms with E-state index < -0.39 is 11.9 Å². The van der Waals surface area contributed by atoms with Crippen LogP contribution in [0.15, 0.2) is 0 Å². The first-order chi connectivity index (χ1) is 20.8. The van der Waals surface area contributed by atoms with Gasteiger partial charge in [-0.05, 0) is 12.8 Å². The van der Waals surface area contributed by atoms with E-state index in [-0.39, 0.29) is 21.1 Å². The number of carbonyl (C=O) groups is 2. The van der Waals surface area contributed by atoms with Crippen LogP contribution in [-0.4, -0.2) is 55.5 Å². The van der Waals surface area contributed by atoms with Gasteiger partial charge in [0.25, 0.3) is 0 Å². The topological polar surface area (TPSA) is 156 Å². The quantitative estimate of drug-likeness (QED) is 0.0302. The van der Waals surface area contributed by atoms with Crippen molar-refractivity contribution < 1.29 is 29.4 Å². The van der Waals surface area contributed by atoms with Crippen molar-refractivity contribution in [2.75, 3.05) is 0 Å². The van der Waals surface area contributed by atoms with Crippen LogP contribution in [0.3, 0.4) is 0 Å². The fourth-order valence-corrected chi connectivity index (χ4v) is 8.06. The summed E-state index contributed by atoms with van der Waals surface area (Å²) in [5.41, 5.74) is 0. The van der Waals surface area contributed by atoms with Gasteiger partial charge in [0.05, 0.1) is 0 Å². The smallest absolute Gasteiger partial charge is 0.222 e. The van der Waals surface area contributed by atoms with Gasteiger partial charge in [0.15, 0.2) is 0 Å². The average molecular weight is 720 g/mol. The van der Waals surface area contributed by atoms with Gasteiger partial charge in [-0.25, -0.2) is 20.4 Å². The first kappa shape index (κ1) is 51.1. The fraction of sp³-hybridized carbons (Fsp3) is 0.882. The molecule has 0 fully saturated rings. The first-order valence-corrected chi connectivity index (χ1v) is 21.0. The summed E-state index contributed by atoms with van der Waals surface area (Å²) in [5.74, 6) is -1.32. The summed E-state index contributed by atoms with van der Waals surface area (Å²) in [4.78, 5) is 37.1. The third-order valence-corrected chi connectivity index (χ3v) is 10.4. The Kier molecular flexibility index (Phi) is 66.9. The van der Waals surface area contributed by atoms with Crippen LogP contribution in [0.2, 0.25) is 8.87 Å². The Morgan fingerprint density at radius 2 is 0.674 bits per heavy atom. The van der Waals surface area contributed by atoms with Crippen LogP contribution in [0.25, 0.3) is 0 Å². The van der Waals surface area contributed by atoms with Crippen LogP contribution in [0, 0.1) is 10.8 Å². The third-order valence-electron chi connectivity index (χ3n) is 6.40. The van der Waals surface area contributed by atoms with E-state index in [0.29, 0.717) is 12.8 Å². The number of unbranched alkanes of at least 4 members (excludes halogenated alkanes) is 18. The van der Waals surface area contributed by atoms with Crippen LogP contribution >= 0.6 is 0 Å². The average Bonchev–Trinajstić information content (AvgIpc) is 2.97. The molecule has 0 aromatic carbocycles. The number of rotatable bonds is 26. The molecular weight excluding hydrogens is 651 g/mol. The maximum absolute atomic E-state index is 10.2. The minimum atomic E-state index is -0.659. The molecule has 0 bridgehead atoms. The maximum Gasteiger partial charge on any atom is 0.231 e. The van der Waals surface area contributed by atoms with Crippen LogP contribution in [0.1, 0.15) is 182 Å². The predicted molar refractivity (Wildman–Crippen MR) is 181 cm³/mol. The molecule has 2 radical (unpaired) electrons. The molecule has 0 heterocycles. The van der Waals surface area contributed by atoms with Crippen molar-refractivity contribution >= 4 is 45.2 Å². The standard InChI is InChI=1S/2C12H24O2.2C4H9.2CHNO.Sn/c2*1-2-3-4-5-6-7-8-9-10-11-12(13)14;2*1-3-4-2;2*2-1-3;/h2*2-11H2,1H3,(H,13,14);2*1,3-4H2,2H3;2*2H;. The van der Waals surface area contributed by atoms with E-state index in [9.17, 15) is 9.59 Å². The number of nitrogens with one attached hydrogen (secondary N) is 2. The maximum atomic E-state index is 10.2. The zero-order chi connectivity index (χ0) is 33.7. The van der Waals surface area contributed by atoms with Crippen molar-refractivity contribution in [3.63, 3.8) is 0 Å². The zero-order valence-corrected chi connectivity index (χ0v) is 31.3. The van der Waals surface area contributed by atoms with E-state index in [2.05, 4.69) is 27.7 Å². The van der Waals surface area contributed by atoms with Crippen molar-refractivity contribution in [2.24, 2.45) is 0 Å². The van der Waals surface area contributed by atoms with Crippen molar-refractivity contribution in [2.45, 2.75) is 191 Å². The SMILES string of the molecule is CCCCCCCCCCCC(=O)O.CCCCCCCCCCCC(=O)O.CCC[CH2][Sn][CH2]CCC.N=C=O.N=C=O. The molecule has 0 aromatic rings. The van der Waals surface area contributed by atoms with Crippen molar-refractivity contribution in [1.82, 2.24) is 0 Å². The Labute approximate surface area is 275 Å². The van der Waals surface area contributed by atoms with E-state index in [1.165, 1.54) is 116 Å². The van der Waals surface area contributed by atoms with Gasteiger partial charge in [-0.3, -0.25) is 9.59 Å². The molecule has 8 nitrogen and oxygen atoms in total. The van der Waals surface area contributed by atoms with E-state index in [1.54, 1.807) is 8.87 Å². The van der Waals surface area contributed by atoms with Gasteiger partial charge in [0.1, 0.15) is 0 Å². The number of aliphatic carboxylic acids is 2. The molecule has 0 atom stereocenters.